The molecule has 4 heteroatoms. The third-order valence-corrected chi connectivity index (χ3v) is 1.87. The number of hydrogen-bond donors (Lipinski definition) is 2. The summed E-state index contributed by atoms with van der Waals surface area (Å²) in [6.45, 7) is 3.58. The van der Waals surface area contributed by atoms with Gasteiger partial charge in [0.25, 0.3) is 5.91 Å². The van der Waals surface area contributed by atoms with Crippen molar-refractivity contribution in [1.29, 1.82) is 0 Å². The van der Waals surface area contributed by atoms with E-state index < -0.39 is 0 Å². The van der Waals surface area contributed by atoms with Crippen molar-refractivity contribution in [2.24, 2.45) is 0 Å². The number of nitrogens with two attached hydrogens (primary N) is 1. The van der Waals surface area contributed by atoms with Gasteiger partial charge in [-0.2, -0.15) is 0 Å². The summed E-state index contributed by atoms with van der Waals surface area (Å²) in [7, 11) is 1.56. The van der Waals surface area contributed by atoms with E-state index in [2.05, 4.69) is 5.32 Å². The number of hydrogen-bond acceptors (Lipinski definition) is 3. The van der Waals surface area contributed by atoms with E-state index in [-0.39, 0.29) is 11.8 Å². The number of furan rings is 1. The van der Waals surface area contributed by atoms with Gasteiger partial charge in [0, 0.05) is 12.6 Å². The molecule has 0 aliphatic rings. The van der Waals surface area contributed by atoms with E-state index in [0.717, 1.165) is 5.56 Å². The maximum absolute atomic E-state index is 11.2. The Bertz CT molecular complexity index is 315. The van der Waals surface area contributed by atoms with Gasteiger partial charge in [-0.15, -0.1) is 0 Å². The number of anilines is 1. The van der Waals surface area contributed by atoms with Crippen molar-refractivity contribution in [3.63, 3.8) is 0 Å². The average molecular weight is 168 g/mol. The number of carbonyl (C=O) groups excluding carboxylic acids is 1. The van der Waals surface area contributed by atoms with E-state index >= 15 is 0 Å². The van der Waals surface area contributed by atoms with E-state index in [1.54, 1.807) is 20.9 Å². The first kappa shape index (κ1) is 8.64. The number of nitrogens with one attached hydrogen (secondary N) is 1. The van der Waals surface area contributed by atoms with Gasteiger partial charge in [0.05, 0.1) is 0 Å². The maximum Gasteiger partial charge on any atom is 0.256 e. The van der Waals surface area contributed by atoms with Gasteiger partial charge in [0.2, 0.25) is 5.88 Å². The molecule has 0 atom stereocenters. The van der Waals surface area contributed by atoms with Crippen LogP contribution in [0.5, 0.6) is 0 Å². The highest BCUT2D eigenvalue weighted by Crippen LogP contribution is 2.22. The van der Waals surface area contributed by atoms with Crippen molar-refractivity contribution in [3.05, 3.63) is 16.9 Å². The first-order chi connectivity index (χ1) is 5.57. The number of nitrogen functional groups attached to an aromatic ring is 1. The summed E-state index contributed by atoms with van der Waals surface area (Å²) in [6, 6.07) is 0. The monoisotopic (exact) mass is 168 g/mol. The van der Waals surface area contributed by atoms with Crippen LogP contribution in [0.2, 0.25) is 0 Å². The number of rotatable bonds is 1. The van der Waals surface area contributed by atoms with Crippen LogP contribution in [0.3, 0.4) is 0 Å². The Hall–Kier alpha value is -1.45. The zero-order chi connectivity index (χ0) is 9.30. The van der Waals surface area contributed by atoms with Crippen LogP contribution in [-0.4, -0.2) is 13.0 Å². The third-order valence-electron chi connectivity index (χ3n) is 1.87. The molecule has 1 heterocycles. The normalized spacial score (nSPS) is 9.92. The van der Waals surface area contributed by atoms with Crippen LogP contribution in [0.25, 0.3) is 0 Å². The Morgan fingerprint density at radius 2 is 2.08 bits per heavy atom. The highest BCUT2D eigenvalue weighted by atomic mass is 16.4. The molecule has 0 unspecified atom stereocenters. The summed E-state index contributed by atoms with van der Waals surface area (Å²) in [4.78, 5) is 11.2. The molecule has 0 saturated carbocycles. The molecule has 1 amide bonds. The fourth-order valence-electron chi connectivity index (χ4n) is 1.06. The lowest BCUT2D eigenvalue weighted by atomic mass is 10.1. The standard InChI is InChI=1S/C8H12N2O2/c1-4-5(2)12-7(9)6(4)8(11)10-3/h9H2,1-3H3,(H,10,11). The van der Waals surface area contributed by atoms with Gasteiger partial charge in [-0.25, -0.2) is 0 Å². The Balaban J connectivity index is 3.22. The minimum absolute atomic E-state index is 0.185. The van der Waals surface area contributed by atoms with E-state index in [0.29, 0.717) is 11.3 Å². The van der Waals surface area contributed by atoms with Gasteiger partial charge in [0.15, 0.2) is 0 Å². The molecule has 0 bridgehead atoms. The summed E-state index contributed by atoms with van der Waals surface area (Å²) in [6.07, 6.45) is 0. The fraction of sp³-hybridized carbons (Fsp3) is 0.375. The third kappa shape index (κ3) is 1.15. The molecule has 12 heavy (non-hydrogen) atoms. The molecule has 0 radical (unpaired) electrons. The minimum Gasteiger partial charge on any atom is -0.445 e. The molecule has 1 rings (SSSR count). The van der Waals surface area contributed by atoms with E-state index in [9.17, 15) is 4.79 Å². The second-order valence-corrected chi connectivity index (χ2v) is 2.60. The summed E-state index contributed by atoms with van der Waals surface area (Å²) >= 11 is 0. The molecule has 3 N–H and O–H groups in total. The molecule has 0 aliphatic heterocycles. The van der Waals surface area contributed by atoms with Crippen molar-refractivity contribution in [2.45, 2.75) is 13.8 Å². The molecule has 0 fully saturated rings. The molecule has 0 aromatic carbocycles. The van der Waals surface area contributed by atoms with Crippen molar-refractivity contribution >= 4 is 11.8 Å². The fourth-order valence-corrected chi connectivity index (χ4v) is 1.06. The quantitative estimate of drug-likeness (QED) is 0.652. The lowest BCUT2D eigenvalue weighted by Crippen LogP contribution is -2.19. The summed E-state index contributed by atoms with van der Waals surface area (Å²) < 4.78 is 5.09. The molecular formula is C8H12N2O2. The van der Waals surface area contributed by atoms with E-state index in [1.165, 1.54) is 0 Å². The molecule has 0 spiro atoms. The first-order valence-electron chi connectivity index (χ1n) is 3.65. The van der Waals surface area contributed by atoms with Crippen molar-refractivity contribution in [1.82, 2.24) is 5.32 Å². The number of aryl methyl sites for hydroxylation is 1. The van der Waals surface area contributed by atoms with Gasteiger partial charge >= 0.3 is 0 Å². The van der Waals surface area contributed by atoms with Crippen molar-refractivity contribution < 1.29 is 9.21 Å². The number of carbonyl (C=O) groups is 1. The summed E-state index contributed by atoms with van der Waals surface area (Å²) in [5.41, 5.74) is 6.73. The van der Waals surface area contributed by atoms with Crippen LogP contribution >= 0.6 is 0 Å². The lowest BCUT2D eigenvalue weighted by Gasteiger charge is -1.97. The van der Waals surface area contributed by atoms with E-state index in [1.807, 2.05) is 0 Å². The number of amides is 1. The zero-order valence-electron chi connectivity index (χ0n) is 7.39. The summed E-state index contributed by atoms with van der Waals surface area (Å²) in [5, 5.41) is 2.50. The molecule has 0 saturated heterocycles. The highest BCUT2D eigenvalue weighted by Gasteiger charge is 2.17. The highest BCUT2D eigenvalue weighted by molar-refractivity contribution is 5.99. The van der Waals surface area contributed by atoms with Crippen LogP contribution in [0.1, 0.15) is 21.7 Å². The van der Waals surface area contributed by atoms with Gasteiger partial charge in [0.1, 0.15) is 11.3 Å². The Kier molecular flexibility index (Phi) is 2.08. The summed E-state index contributed by atoms with van der Waals surface area (Å²) in [5.74, 6) is 0.664. The lowest BCUT2D eigenvalue weighted by molar-refractivity contribution is 0.0963. The van der Waals surface area contributed by atoms with Crippen LogP contribution in [0.15, 0.2) is 4.42 Å². The Morgan fingerprint density at radius 3 is 2.42 bits per heavy atom. The Labute approximate surface area is 70.7 Å². The SMILES string of the molecule is CNC(=O)c1c(N)oc(C)c1C. The predicted molar refractivity (Wildman–Crippen MR) is 46.0 cm³/mol. The average Bonchev–Trinajstić information content (AvgIpc) is 2.26. The zero-order valence-corrected chi connectivity index (χ0v) is 7.39. The molecule has 4 nitrogen and oxygen atoms in total. The smallest absolute Gasteiger partial charge is 0.256 e. The molecular weight excluding hydrogens is 156 g/mol. The second-order valence-electron chi connectivity index (χ2n) is 2.60. The van der Waals surface area contributed by atoms with Crippen LogP contribution in [-0.2, 0) is 0 Å². The molecule has 1 aromatic heterocycles. The topological polar surface area (TPSA) is 68.3 Å². The van der Waals surface area contributed by atoms with Crippen molar-refractivity contribution in [3.8, 4) is 0 Å². The van der Waals surface area contributed by atoms with Gasteiger partial charge in [-0.1, -0.05) is 0 Å². The minimum atomic E-state index is -0.207. The van der Waals surface area contributed by atoms with Crippen molar-refractivity contribution in [2.75, 3.05) is 12.8 Å². The molecule has 0 aliphatic carbocycles. The van der Waals surface area contributed by atoms with E-state index in [4.69, 9.17) is 10.2 Å². The molecule has 66 valence electrons. The van der Waals surface area contributed by atoms with Gasteiger partial charge in [-0.3, -0.25) is 4.79 Å². The predicted octanol–water partition coefficient (Wildman–Crippen LogP) is 0.838. The second kappa shape index (κ2) is 2.89. The maximum atomic E-state index is 11.2. The first-order valence-corrected chi connectivity index (χ1v) is 3.65. The van der Waals surface area contributed by atoms with Gasteiger partial charge < -0.3 is 15.5 Å². The van der Waals surface area contributed by atoms with Crippen LogP contribution < -0.4 is 11.1 Å². The van der Waals surface area contributed by atoms with Gasteiger partial charge in [-0.05, 0) is 13.8 Å². The van der Waals surface area contributed by atoms with Crippen LogP contribution in [0, 0.1) is 13.8 Å². The molecule has 1 aromatic rings. The Morgan fingerprint density at radius 1 is 1.50 bits per heavy atom. The van der Waals surface area contributed by atoms with Crippen LogP contribution in [0.4, 0.5) is 5.88 Å². The largest absolute Gasteiger partial charge is 0.445 e.